The fourth-order valence-corrected chi connectivity index (χ4v) is 1.37. The van der Waals surface area contributed by atoms with E-state index >= 15 is 0 Å². The van der Waals surface area contributed by atoms with Gasteiger partial charge in [-0.25, -0.2) is 4.79 Å². The number of rotatable bonds is 6. The molecule has 0 fully saturated rings. The second-order valence-electron chi connectivity index (χ2n) is 3.73. The molecule has 1 rings (SSSR count). The molecule has 0 aliphatic heterocycles. The predicted octanol–water partition coefficient (Wildman–Crippen LogP) is 0.952. The van der Waals surface area contributed by atoms with E-state index in [0.717, 1.165) is 10.5 Å². The van der Waals surface area contributed by atoms with Crippen molar-refractivity contribution in [2.45, 2.75) is 0 Å². The van der Waals surface area contributed by atoms with E-state index in [1.165, 1.54) is 19.5 Å². The first-order valence-electron chi connectivity index (χ1n) is 5.85. The van der Waals surface area contributed by atoms with Gasteiger partial charge in [-0.1, -0.05) is 30.3 Å². The number of hydrogen-bond acceptors (Lipinski definition) is 4. The van der Waals surface area contributed by atoms with Gasteiger partial charge in [0, 0.05) is 13.2 Å². The van der Waals surface area contributed by atoms with Crippen molar-refractivity contribution in [2.24, 2.45) is 0 Å². The van der Waals surface area contributed by atoms with Crippen molar-refractivity contribution < 1.29 is 19.1 Å². The van der Waals surface area contributed by atoms with Crippen molar-refractivity contribution in [3.63, 3.8) is 0 Å². The number of nitrogens with one attached hydrogen (secondary N) is 1. The van der Waals surface area contributed by atoms with E-state index in [4.69, 9.17) is 0 Å². The molecule has 6 nitrogen and oxygen atoms in total. The van der Waals surface area contributed by atoms with Gasteiger partial charge in [0.1, 0.15) is 6.73 Å². The Balaban J connectivity index is 2.71. The Morgan fingerprint density at radius 3 is 2.65 bits per heavy atom. The van der Waals surface area contributed by atoms with E-state index < -0.39 is 18.5 Å². The van der Waals surface area contributed by atoms with Crippen LogP contribution in [0.1, 0.15) is 5.56 Å². The first kappa shape index (κ1) is 15.6. The SMILES string of the molecule is COCNC(=O)N(C[C]=O)C(=O)/C=C/c1ccccc1. The van der Waals surface area contributed by atoms with Crippen LogP contribution < -0.4 is 5.32 Å². The minimum absolute atomic E-state index is 0.0517. The standard InChI is InChI=1S/C14H15N2O4/c1-20-11-15-14(19)16(9-10-17)13(18)8-7-12-5-3-2-4-6-12/h2-8H,9,11H2,1H3,(H,15,19)/b8-7+. The fraction of sp³-hybridized carbons (Fsp3) is 0.214. The normalized spacial score (nSPS) is 10.2. The second-order valence-corrected chi connectivity index (χ2v) is 3.73. The van der Waals surface area contributed by atoms with Gasteiger partial charge in [-0.3, -0.25) is 14.5 Å². The first-order chi connectivity index (χ1) is 9.69. The summed E-state index contributed by atoms with van der Waals surface area (Å²) >= 11 is 0. The maximum Gasteiger partial charge on any atom is 0.326 e. The van der Waals surface area contributed by atoms with Gasteiger partial charge in [-0.2, -0.15) is 0 Å². The molecule has 1 aromatic rings. The van der Waals surface area contributed by atoms with Gasteiger partial charge in [0.05, 0.1) is 6.54 Å². The predicted molar refractivity (Wildman–Crippen MR) is 73.3 cm³/mol. The number of hydrogen-bond donors (Lipinski definition) is 1. The number of ether oxygens (including phenoxy) is 1. The molecule has 0 heterocycles. The van der Waals surface area contributed by atoms with E-state index in [9.17, 15) is 14.4 Å². The van der Waals surface area contributed by atoms with E-state index in [2.05, 4.69) is 10.1 Å². The van der Waals surface area contributed by atoms with Crippen molar-refractivity contribution in [1.29, 1.82) is 0 Å². The summed E-state index contributed by atoms with van der Waals surface area (Å²) in [4.78, 5) is 34.7. The van der Waals surface area contributed by atoms with Crippen LogP contribution in [-0.4, -0.2) is 43.5 Å². The average Bonchev–Trinajstić information content (AvgIpc) is 2.49. The quantitative estimate of drug-likeness (QED) is 0.619. The van der Waals surface area contributed by atoms with Crippen molar-refractivity contribution >= 4 is 24.3 Å². The Kier molecular flexibility index (Phi) is 6.70. The van der Waals surface area contributed by atoms with E-state index in [-0.39, 0.29) is 6.73 Å². The van der Waals surface area contributed by atoms with Crippen LogP contribution in [0.2, 0.25) is 0 Å². The summed E-state index contributed by atoms with van der Waals surface area (Å²) in [6.07, 6.45) is 4.30. The van der Waals surface area contributed by atoms with Crippen molar-refractivity contribution in [3.05, 3.63) is 42.0 Å². The highest BCUT2D eigenvalue weighted by atomic mass is 16.5. The average molecular weight is 275 g/mol. The zero-order valence-corrected chi connectivity index (χ0v) is 11.0. The molecule has 0 unspecified atom stereocenters. The van der Waals surface area contributed by atoms with E-state index in [1.54, 1.807) is 6.08 Å². The third-order valence-electron chi connectivity index (χ3n) is 2.32. The molecule has 0 saturated heterocycles. The molecule has 0 saturated carbocycles. The van der Waals surface area contributed by atoms with E-state index in [0.29, 0.717) is 0 Å². The van der Waals surface area contributed by atoms with Gasteiger partial charge in [0.2, 0.25) is 6.29 Å². The van der Waals surface area contributed by atoms with Crippen LogP contribution in [0.25, 0.3) is 6.08 Å². The highest BCUT2D eigenvalue weighted by Gasteiger charge is 2.18. The molecule has 0 atom stereocenters. The number of amides is 3. The number of imide groups is 1. The third kappa shape index (κ3) is 5.03. The summed E-state index contributed by atoms with van der Waals surface area (Å²) in [5, 5.41) is 2.33. The number of methoxy groups -OCH3 is 1. The molecule has 6 heteroatoms. The maximum absolute atomic E-state index is 11.9. The van der Waals surface area contributed by atoms with Crippen LogP contribution in [0.4, 0.5) is 4.79 Å². The van der Waals surface area contributed by atoms with E-state index in [1.807, 2.05) is 30.3 Å². The lowest BCUT2D eigenvalue weighted by Crippen LogP contribution is -2.44. The van der Waals surface area contributed by atoms with Gasteiger partial charge in [0.15, 0.2) is 0 Å². The molecule has 0 aliphatic carbocycles. The van der Waals surface area contributed by atoms with Crippen LogP contribution in [0.15, 0.2) is 36.4 Å². The number of urea groups is 1. The Bertz CT molecular complexity index is 485. The smallest absolute Gasteiger partial charge is 0.326 e. The molecule has 0 aromatic heterocycles. The lowest BCUT2D eigenvalue weighted by Gasteiger charge is -2.16. The molecule has 0 spiro atoms. The first-order valence-corrected chi connectivity index (χ1v) is 5.85. The number of carbonyl (C=O) groups is 2. The zero-order chi connectivity index (χ0) is 14.8. The minimum atomic E-state index is -0.710. The minimum Gasteiger partial charge on any atom is -0.364 e. The summed E-state index contributed by atoms with van der Waals surface area (Å²) < 4.78 is 4.66. The van der Waals surface area contributed by atoms with Crippen LogP contribution in [-0.2, 0) is 14.3 Å². The monoisotopic (exact) mass is 275 g/mol. The zero-order valence-electron chi connectivity index (χ0n) is 11.0. The fourth-order valence-electron chi connectivity index (χ4n) is 1.37. The summed E-state index contributed by atoms with van der Waals surface area (Å²) in [6, 6.07) is 8.41. The molecule has 0 aliphatic rings. The number of benzene rings is 1. The van der Waals surface area contributed by atoms with Crippen molar-refractivity contribution in [3.8, 4) is 0 Å². The largest absolute Gasteiger partial charge is 0.364 e. The molecular formula is C14H15N2O4. The summed E-state index contributed by atoms with van der Waals surface area (Å²) in [5.74, 6) is -0.606. The summed E-state index contributed by atoms with van der Waals surface area (Å²) in [7, 11) is 1.40. The van der Waals surface area contributed by atoms with Gasteiger partial charge in [0.25, 0.3) is 5.91 Å². The number of carbonyl (C=O) groups excluding carboxylic acids is 3. The molecule has 1 N–H and O–H groups in total. The third-order valence-corrected chi connectivity index (χ3v) is 2.32. The molecule has 105 valence electrons. The molecule has 1 radical (unpaired) electrons. The highest BCUT2D eigenvalue weighted by Crippen LogP contribution is 2.02. The Hall–Kier alpha value is -2.47. The van der Waals surface area contributed by atoms with Gasteiger partial charge >= 0.3 is 6.03 Å². The number of nitrogens with zero attached hydrogens (tertiary/aromatic N) is 1. The highest BCUT2D eigenvalue weighted by molar-refractivity contribution is 6.03. The van der Waals surface area contributed by atoms with Crippen LogP contribution >= 0.6 is 0 Å². The van der Waals surface area contributed by atoms with Crippen molar-refractivity contribution in [2.75, 3.05) is 20.4 Å². The Morgan fingerprint density at radius 2 is 2.05 bits per heavy atom. The molecule has 0 bridgehead atoms. The van der Waals surface area contributed by atoms with Crippen molar-refractivity contribution in [1.82, 2.24) is 10.2 Å². The second kappa shape index (κ2) is 8.60. The topological polar surface area (TPSA) is 75.7 Å². The molecule has 20 heavy (non-hydrogen) atoms. The maximum atomic E-state index is 11.9. The van der Waals surface area contributed by atoms with Crippen LogP contribution in [0.5, 0.6) is 0 Å². The molecule has 1 aromatic carbocycles. The Labute approximate surface area is 117 Å². The summed E-state index contributed by atoms with van der Waals surface area (Å²) in [6.45, 7) is -0.489. The molecule has 3 amide bonds. The molecular weight excluding hydrogens is 260 g/mol. The van der Waals surface area contributed by atoms with Gasteiger partial charge in [-0.05, 0) is 11.6 Å². The van der Waals surface area contributed by atoms with Gasteiger partial charge < -0.3 is 10.1 Å². The van der Waals surface area contributed by atoms with Gasteiger partial charge in [-0.15, -0.1) is 0 Å². The Morgan fingerprint density at radius 1 is 1.35 bits per heavy atom. The summed E-state index contributed by atoms with van der Waals surface area (Å²) in [5.41, 5.74) is 0.813. The van der Waals surface area contributed by atoms with Crippen LogP contribution in [0.3, 0.4) is 0 Å². The lowest BCUT2D eigenvalue weighted by molar-refractivity contribution is -0.122. The van der Waals surface area contributed by atoms with Crippen LogP contribution in [0, 0.1) is 0 Å². The lowest BCUT2D eigenvalue weighted by atomic mass is 10.2.